The van der Waals surface area contributed by atoms with Crippen LogP contribution in [0.25, 0.3) is 0 Å². The van der Waals surface area contributed by atoms with Crippen molar-refractivity contribution in [2.75, 3.05) is 7.11 Å². The highest BCUT2D eigenvalue weighted by molar-refractivity contribution is 6.31. The molecule has 1 N–H and O–H groups in total. The molecule has 0 saturated carbocycles. The zero-order chi connectivity index (χ0) is 14.4. The third kappa shape index (κ3) is 4.26. The van der Waals surface area contributed by atoms with Crippen molar-refractivity contribution in [3.05, 3.63) is 64.7 Å². The van der Waals surface area contributed by atoms with Gasteiger partial charge in [-0.1, -0.05) is 41.9 Å². The number of ether oxygens (including phenoxy) is 1. The maximum absolute atomic E-state index is 10.1. The minimum atomic E-state index is -0.378. The third-order valence-electron chi connectivity index (χ3n) is 3.34. The molecule has 0 bridgehead atoms. The van der Waals surface area contributed by atoms with Gasteiger partial charge in [0.2, 0.25) is 0 Å². The molecule has 0 aliphatic carbocycles. The maximum Gasteiger partial charge on any atom is 0.118 e. The second kappa shape index (κ2) is 7.32. The lowest BCUT2D eigenvalue weighted by molar-refractivity contribution is 0.165. The van der Waals surface area contributed by atoms with Crippen molar-refractivity contribution >= 4 is 11.6 Å². The van der Waals surface area contributed by atoms with E-state index in [1.165, 1.54) is 5.56 Å². The summed E-state index contributed by atoms with van der Waals surface area (Å²) >= 11 is 6.09. The van der Waals surface area contributed by atoms with Crippen LogP contribution < -0.4 is 4.74 Å². The van der Waals surface area contributed by atoms with Crippen molar-refractivity contribution in [2.45, 2.75) is 25.4 Å². The van der Waals surface area contributed by atoms with Gasteiger partial charge in [0.25, 0.3) is 0 Å². The van der Waals surface area contributed by atoms with Gasteiger partial charge in [-0.2, -0.15) is 0 Å². The summed E-state index contributed by atoms with van der Waals surface area (Å²) in [4.78, 5) is 0. The lowest BCUT2D eigenvalue weighted by Gasteiger charge is -2.12. The number of halogens is 1. The highest BCUT2D eigenvalue weighted by Gasteiger charge is 2.08. The van der Waals surface area contributed by atoms with Crippen LogP contribution in [0.4, 0.5) is 0 Å². The molecule has 0 aliphatic rings. The molecular formula is C17H19ClO2. The average Bonchev–Trinajstić information content (AvgIpc) is 2.48. The molecule has 20 heavy (non-hydrogen) atoms. The predicted octanol–water partition coefficient (Wildman–Crippen LogP) is 3.88. The van der Waals surface area contributed by atoms with Gasteiger partial charge in [-0.25, -0.2) is 0 Å². The molecule has 0 saturated heterocycles. The van der Waals surface area contributed by atoms with E-state index in [9.17, 15) is 5.11 Å². The van der Waals surface area contributed by atoms with Gasteiger partial charge in [0.05, 0.1) is 13.2 Å². The first kappa shape index (κ1) is 14.9. The van der Waals surface area contributed by atoms with Gasteiger partial charge in [-0.15, -0.1) is 0 Å². The second-order valence-electron chi connectivity index (χ2n) is 4.84. The van der Waals surface area contributed by atoms with Crippen LogP contribution in [-0.4, -0.2) is 18.3 Å². The fourth-order valence-corrected chi connectivity index (χ4v) is 2.36. The van der Waals surface area contributed by atoms with Crippen LogP contribution in [0.15, 0.2) is 48.5 Å². The minimum Gasteiger partial charge on any atom is -0.497 e. The van der Waals surface area contributed by atoms with E-state index in [1.807, 2.05) is 48.5 Å². The van der Waals surface area contributed by atoms with Crippen molar-refractivity contribution in [1.29, 1.82) is 0 Å². The van der Waals surface area contributed by atoms with E-state index < -0.39 is 0 Å². The second-order valence-corrected chi connectivity index (χ2v) is 5.24. The number of aryl methyl sites for hydroxylation is 1. The largest absolute Gasteiger partial charge is 0.497 e. The first-order chi connectivity index (χ1) is 9.69. The Kier molecular flexibility index (Phi) is 5.45. The van der Waals surface area contributed by atoms with E-state index in [0.29, 0.717) is 6.42 Å². The number of hydrogen-bond donors (Lipinski definition) is 1. The van der Waals surface area contributed by atoms with Crippen molar-refractivity contribution in [3.63, 3.8) is 0 Å². The number of aliphatic hydroxyl groups is 1. The SMILES string of the molecule is COc1ccc(CCC(O)Cc2ccccc2Cl)cc1. The Morgan fingerprint density at radius 1 is 1.10 bits per heavy atom. The molecule has 0 heterocycles. The molecule has 3 heteroatoms. The van der Waals surface area contributed by atoms with Crippen LogP contribution in [0.3, 0.4) is 0 Å². The lowest BCUT2D eigenvalue weighted by atomic mass is 10.0. The van der Waals surface area contributed by atoms with Crippen LogP contribution in [-0.2, 0) is 12.8 Å². The van der Waals surface area contributed by atoms with Gasteiger partial charge in [0.1, 0.15) is 5.75 Å². The van der Waals surface area contributed by atoms with E-state index in [-0.39, 0.29) is 6.10 Å². The first-order valence-electron chi connectivity index (χ1n) is 6.73. The van der Waals surface area contributed by atoms with Gasteiger partial charge in [0, 0.05) is 5.02 Å². The molecule has 0 aliphatic heterocycles. The number of benzene rings is 2. The molecule has 2 nitrogen and oxygen atoms in total. The number of rotatable bonds is 6. The Labute approximate surface area is 125 Å². The average molecular weight is 291 g/mol. The third-order valence-corrected chi connectivity index (χ3v) is 3.71. The lowest BCUT2D eigenvalue weighted by Crippen LogP contribution is -2.12. The molecule has 0 fully saturated rings. The van der Waals surface area contributed by atoms with Gasteiger partial charge >= 0.3 is 0 Å². The molecule has 1 atom stereocenters. The summed E-state index contributed by atoms with van der Waals surface area (Å²) in [5.74, 6) is 0.852. The highest BCUT2D eigenvalue weighted by Crippen LogP contribution is 2.19. The predicted molar refractivity (Wildman–Crippen MR) is 82.5 cm³/mol. The van der Waals surface area contributed by atoms with Gasteiger partial charge in [0.15, 0.2) is 0 Å². The topological polar surface area (TPSA) is 29.5 Å². The molecule has 0 radical (unpaired) electrons. The van der Waals surface area contributed by atoms with Gasteiger partial charge < -0.3 is 9.84 Å². The van der Waals surface area contributed by atoms with Crippen LogP contribution in [0, 0.1) is 0 Å². The first-order valence-corrected chi connectivity index (χ1v) is 7.11. The van der Waals surface area contributed by atoms with Gasteiger partial charge in [-0.3, -0.25) is 0 Å². The fraction of sp³-hybridized carbons (Fsp3) is 0.294. The smallest absolute Gasteiger partial charge is 0.118 e. The Balaban J connectivity index is 1.85. The van der Waals surface area contributed by atoms with Crippen LogP contribution in [0.1, 0.15) is 17.5 Å². The molecule has 2 aromatic carbocycles. The summed E-state index contributed by atoms with van der Waals surface area (Å²) in [6.45, 7) is 0. The van der Waals surface area contributed by atoms with E-state index in [2.05, 4.69) is 0 Å². The summed E-state index contributed by atoms with van der Waals surface area (Å²) in [5, 5.41) is 10.8. The summed E-state index contributed by atoms with van der Waals surface area (Å²) < 4.78 is 5.12. The van der Waals surface area contributed by atoms with E-state index in [1.54, 1.807) is 7.11 Å². The molecule has 0 aromatic heterocycles. The van der Waals surface area contributed by atoms with Crippen molar-refractivity contribution < 1.29 is 9.84 Å². The monoisotopic (exact) mass is 290 g/mol. The van der Waals surface area contributed by atoms with Crippen molar-refractivity contribution in [3.8, 4) is 5.75 Å². The molecule has 106 valence electrons. The normalized spacial score (nSPS) is 12.2. The Bertz CT molecular complexity index is 537. The molecule has 2 aromatic rings. The van der Waals surface area contributed by atoms with Gasteiger partial charge in [-0.05, 0) is 48.6 Å². The molecule has 2 rings (SSSR count). The zero-order valence-corrected chi connectivity index (χ0v) is 12.3. The van der Waals surface area contributed by atoms with E-state index in [4.69, 9.17) is 16.3 Å². The Morgan fingerprint density at radius 3 is 2.45 bits per heavy atom. The summed E-state index contributed by atoms with van der Waals surface area (Å²) in [5.41, 5.74) is 2.19. The highest BCUT2D eigenvalue weighted by atomic mass is 35.5. The van der Waals surface area contributed by atoms with Crippen LogP contribution in [0.5, 0.6) is 5.75 Å². The minimum absolute atomic E-state index is 0.378. The van der Waals surface area contributed by atoms with Crippen molar-refractivity contribution in [2.24, 2.45) is 0 Å². The zero-order valence-electron chi connectivity index (χ0n) is 11.6. The number of aliphatic hydroxyl groups excluding tert-OH is 1. The quantitative estimate of drug-likeness (QED) is 0.875. The molecule has 0 spiro atoms. The molecule has 1 unspecified atom stereocenters. The summed E-state index contributed by atoms with van der Waals surface area (Å²) in [6.07, 6.45) is 1.78. The Morgan fingerprint density at radius 2 is 1.80 bits per heavy atom. The van der Waals surface area contributed by atoms with Crippen molar-refractivity contribution in [1.82, 2.24) is 0 Å². The molecule has 0 amide bonds. The van der Waals surface area contributed by atoms with E-state index in [0.717, 1.165) is 29.2 Å². The Hall–Kier alpha value is -1.51. The summed E-state index contributed by atoms with van der Waals surface area (Å²) in [7, 11) is 1.66. The fourth-order valence-electron chi connectivity index (χ4n) is 2.15. The molecular weight excluding hydrogens is 272 g/mol. The number of hydrogen-bond acceptors (Lipinski definition) is 2. The summed E-state index contributed by atoms with van der Waals surface area (Å²) in [6, 6.07) is 15.6. The maximum atomic E-state index is 10.1. The van der Waals surface area contributed by atoms with Crippen LogP contribution in [0.2, 0.25) is 5.02 Å². The number of methoxy groups -OCH3 is 1. The standard InChI is InChI=1S/C17H19ClO2/c1-20-16-10-7-13(8-11-16)6-9-15(19)12-14-4-2-3-5-17(14)18/h2-5,7-8,10-11,15,19H,6,9,12H2,1H3. The van der Waals surface area contributed by atoms with Crippen LogP contribution >= 0.6 is 11.6 Å². The van der Waals surface area contributed by atoms with E-state index >= 15 is 0 Å².